The van der Waals surface area contributed by atoms with E-state index in [2.05, 4.69) is 31.8 Å². The molecule has 1 atom stereocenters. The van der Waals surface area contributed by atoms with Crippen molar-refractivity contribution >= 4 is 14.0 Å². The molecule has 0 amide bonds. The van der Waals surface area contributed by atoms with E-state index < -0.39 is 0 Å². The van der Waals surface area contributed by atoms with E-state index in [1.807, 2.05) is 18.3 Å². The van der Waals surface area contributed by atoms with Gasteiger partial charge in [-0.15, -0.1) is 0 Å². The van der Waals surface area contributed by atoms with Gasteiger partial charge in [-0.25, -0.2) is 0 Å². The maximum absolute atomic E-state index is 4.28. The molecule has 2 heteroatoms. The van der Waals surface area contributed by atoms with E-state index >= 15 is 0 Å². The third-order valence-corrected chi connectivity index (χ3v) is 2.47. The highest BCUT2D eigenvalue weighted by molar-refractivity contribution is 7.48. The van der Waals surface area contributed by atoms with Gasteiger partial charge >= 0.3 is 0 Å². The lowest BCUT2D eigenvalue weighted by molar-refractivity contribution is 0.798. The number of hydrogen-bond acceptors (Lipinski definition) is 1. The van der Waals surface area contributed by atoms with Gasteiger partial charge in [-0.2, -0.15) is 0 Å². The maximum atomic E-state index is 4.28. The predicted molar refractivity (Wildman–Crippen MR) is 51.9 cm³/mol. The smallest absolute Gasteiger partial charge is 0.0605 e. The third-order valence-electron chi connectivity index (χ3n) is 1.17. The standard InChI is InChI=1S/C9H14NP/c1-9(2,3)11-8-6-4-5-7-10-8/h4-7,11H,1-3H3. The van der Waals surface area contributed by atoms with Crippen LogP contribution in [-0.2, 0) is 0 Å². The molecule has 0 N–H and O–H groups in total. The first kappa shape index (κ1) is 8.67. The van der Waals surface area contributed by atoms with Gasteiger partial charge < -0.3 is 0 Å². The van der Waals surface area contributed by atoms with Crippen molar-refractivity contribution in [2.45, 2.75) is 25.9 Å². The summed E-state index contributed by atoms with van der Waals surface area (Å²) in [6.07, 6.45) is 1.86. The largest absolute Gasteiger partial charge is 0.257 e. The van der Waals surface area contributed by atoms with Crippen molar-refractivity contribution < 1.29 is 0 Å². The molecule has 1 rings (SSSR count). The molecule has 11 heavy (non-hydrogen) atoms. The second-order valence-electron chi connectivity index (χ2n) is 3.59. The van der Waals surface area contributed by atoms with E-state index in [9.17, 15) is 0 Å². The molecule has 0 aliphatic rings. The van der Waals surface area contributed by atoms with E-state index in [-0.39, 0.29) is 0 Å². The van der Waals surface area contributed by atoms with Crippen LogP contribution < -0.4 is 5.44 Å². The van der Waals surface area contributed by atoms with Crippen LogP contribution in [0.3, 0.4) is 0 Å². The zero-order valence-electron chi connectivity index (χ0n) is 7.26. The summed E-state index contributed by atoms with van der Waals surface area (Å²) in [4.78, 5) is 4.28. The van der Waals surface area contributed by atoms with Crippen molar-refractivity contribution in [1.29, 1.82) is 0 Å². The molecule has 1 aromatic rings. The first-order valence-corrected chi connectivity index (χ1v) is 4.77. The quantitative estimate of drug-likeness (QED) is 0.584. The van der Waals surface area contributed by atoms with E-state index in [0.29, 0.717) is 5.16 Å². The van der Waals surface area contributed by atoms with Gasteiger partial charge in [0.25, 0.3) is 0 Å². The molecule has 0 aliphatic carbocycles. The third kappa shape index (κ3) is 3.48. The second kappa shape index (κ2) is 3.32. The number of hydrogen-bond donors (Lipinski definition) is 0. The second-order valence-corrected chi connectivity index (χ2v) is 5.85. The Morgan fingerprint density at radius 3 is 2.45 bits per heavy atom. The molecule has 0 saturated heterocycles. The Morgan fingerprint density at radius 1 is 1.27 bits per heavy atom. The summed E-state index contributed by atoms with van der Waals surface area (Å²) < 4.78 is 0. The molecular formula is C9H14NP. The van der Waals surface area contributed by atoms with Crippen LogP contribution in [0.25, 0.3) is 0 Å². The minimum atomic E-state index is 0.369. The lowest BCUT2D eigenvalue weighted by Gasteiger charge is -2.16. The van der Waals surface area contributed by atoms with Crippen molar-refractivity contribution in [2.24, 2.45) is 0 Å². The van der Waals surface area contributed by atoms with Crippen LogP contribution in [0.5, 0.6) is 0 Å². The summed E-state index contributed by atoms with van der Waals surface area (Å²) in [6, 6.07) is 6.08. The van der Waals surface area contributed by atoms with Gasteiger partial charge in [0.2, 0.25) is 0 Å². The molecule has 1 nitrogen and oxygen atoms in total. The average Bonchev–Trinajstić information content (AvgIpc) is 1.85. The van der Waals surface area contributed by atoms with Gasteiger partial charge in [0.15, 0.2) is 0 Å². The molecule has 0 aliphatic heterocycles. The molecular weight excluding hydrogens is 153 g/mol. The zero-order chi connectivity index (χ0) is 8.32. The van der Waals surface area contributed by atoms with E-state index in [1.54, 1.807) is 0 Å². The van der Waals surface area contributed by atoms with Crippen LogP contribution >= 0.6 is 8.58 Å². The van der Waals surface area contributed by atoms with Crippen LogP contribution in [0.4, 0.5) is 0 Å². The lowest BCUT2D eigenvalue weighted by Crippen LogP contribution is -2.12. The van der Waals surface area contributed by atoms with Crippen LogP contribution in [-0.4, -0.2) is 10.1 Å². The van der Waals surface area contributed by atoms with E-state index in [1.165, 1.54) is 5.44 Å². The van der Waals surface area contributed by atoms with Crippen molar-refractivity contribution in [3.63, 3.8) is 0 Å². The van der Waals surface area contributed by atoms with Crippen LogP contribution in [0.2, 0.25) is 0 Å². The van der Waals surface area contributed by atoms with Gasteiger partial charge in [0.05, 0.1) is 5.44 Å². The number of aromatic nitrogens is 1. The fourth-order valence-corrected chi connectivity index (χ4v) is 1.91. The maximum Gasteiger partial charge on any atom is 0.0605 e. The SMILES string of the molecule is CC(C)(C)Pc1ccccn1. The summed E-state index contributed by atoms with van der Waals surface area (Å²) in [5, 5.41) is 0.369. The summed E-state index contributed by atoms with van der Waals surface area (Å²) >= 11 is 0. The highest BCUT2D eigenvalue weighted by atomic mass is 31.1. The van der Waals surface area contributed by atoms with Crippen molar-refractivity contribution in [2.75, 3.05) is 0 Å². The van der Waals surface area contributed by atoms with Crippen LogP contribution in [0, 0.1) is 0 Å². The summed E-state index contributed by atoms with van der Waals surface area (Å²) in [5.41, 5.74) is 1.21. The van der Waals surface area contributed by atoms with Gasteiger partial charge in [-0.05, 0) is 17.3 Å². The van der Waals surface area contributed by atoms with E-state index in [0.717, 1.165) is 8.58 Å². The van der Waals surface area contributed by atoms with Crippen LogP contribution in [0.1, 0.15) is 20.8 Å². The van der Waals surface area contributed by atoms with Crippen molar-refractivity contribution in [1.82, 2.24) is 4.98 Å². The summed E-state index contributed by atoms with van der Waals surface area (Å²) in [5.74, 6) is 0. The monoisotopic (exact) mass is 167 g/mol. The Hall–Kier alpha value is -0.420. The number of pyridine rings is 1. The Labute approximate surface area is 70.0 Å². The minimum Gasteiger partial charge on any atom is -0.257 e. The lowest BCUT2D eigenvalue weighted by atomic mass is 10.3. The van der Waals surface area contributed by atoms with Crippen LogP contribution in [0.15, 0.2) is 24.4 Å². The van der Waals surface area contributed by atoms with Gasteiger partial charge in [-0.3, -0.25) is 4.98 Å². The van der Waals surface area contributed by atoms with Gasteiger partial charge in [-0.1, -0.05) is 35.4 Å². The molecule has 0 aromatic carbocycles. The van der Waals surface area contributed by atoms with E-state index in [4.69, 9.17) is 0 Å². The fraction of sp³-hybridized carbons (Fsp3) is 0.444. The molecule has 0 fully saturated rings. The molecule has 60 valence electrons. The Kier molecular flexibility index (Phi) is 2.62. The van der Waals surface area contributed by atoms with Gasteiger partial charge in [0, 0.05) is 6.20 Å². The molecule has 0 saturated carbocycles. The predicted octanol–water partition coefficient (Wildman–Crippen LogP) is 2.18. The number of nitrogens with zero attached hydrogens (tertiary/aromatic N) is 1. The minimum absolute atomic E-state index is 0.369. The Morgan fingerprint density at radius 2 is 2.00 bits per heavy atom. The molecule has 1 heterocycles. The number of rotatable bonds is 1. The summed E-state index contributed by atoms with van der Waals surface area (Å²) in [7, 11) is 0.803. The molecule has 1 aromatic heterocycles. The topological polar surface area (TPSA) is 12.9 Å². The molecule has 1 unspecified atom stereocenters. The normalized spacial score (nSPS) is 12.6. The molecule has 0 bridgehead atoms. The highest BCUT2D eigenvalue weighted by Gasteiger charge is 2.10. The van der Waals surface area contributed by atoms with Crippen molar-refractivity contribution in [3.05, 3.63) is 24.4 Å². The first-order chi connectivity index (χ1) is 5.08. The summed E-state index contributed by atoms with van der Waals surface area (Å²) in [6.45, 7) is 6.71. The van der Waals surface area contributed by atoms with Gasteiger partial charge in [0.1, 0.15) is 0 Å². The first-order valence-electron chi connectivity index (χ1n) is 3.77. The zero-order valence-corrected chi connectivity index (χ0v) is 8.26. The highest BCUT2D eigenvalue weighted by Crippen LogP contribution is 2.28. The average molecular weight is 167 g/mol. The molecule has 0 spiro atoms. The fourth-order valence-electron chi connectivity index (χ4n) is 0.821. The Bertz CT molecular complexity index is 213. The van der Waals surface area contributed by atoms with Crippen molar-refractivity contribution in [3.8, 4) is 0 Å². The molecule has 0 radical (unpaired) electrons. The Balaban J connectivity index is 2.66.